The third-order valence-electron chi connectivity index (χ3n) is 0.731. The molecule has 0 spiro atoms. The molecule has 0 saturated carbocycles. The van der Waals surface area contributed by atoms with E-state index in [-0.39, 0.29) is 51.4 Å². The number of hydrogen-bond donors (Lipinski definition) is 1. The van der Waals surface area contributed by atoms with Crippen molar-refractivity contribution in [1.29, 1.82) is 0 Å². The van der Waals surface area contributed by atoms with E-state index in [0.29, 0.717) is 0 Å². The molecule has 1 aliphatic heterocycles. The maximum atomic E-state index is 9.92. The molecule has 0 fully saturated rings. The molecule has 0 aromatic carbocycles. The average molecular weight is 209 g/mol. The van der Waals surface area contributed by atoms with Crippen LogP contribution < -0.4 is 0 Å². The van der Waals surface area contributed by atoms with E-state index in [1.165, 1.54) is 0 Å². The molecule has 0 unspecified atom stereocenters. The van der Waals surface area contributed by atoms with Gasteiger partial charge in [-0.1, -0.05) is 6.58 Å². The predicted molar refractivity (Wildman–Crippen MR) is 43.8 cm³/mol. The van der Waals surface area contributed by atoms with E-state index in [0.717, 1.165) is 18.2 Å². The molecule has 65 valence electrons. The van der Waals surface area contributed by atoms with Gasteiger partial charge in [0.15, 0.2) is 0 Å². The maximum absolute atomic E-state index is 9.92. The van der Waals surface area contributed by atoms with Crippen LogP contribution in [0.15, 0.2) is 24.8 Å². The fourth-order valence-corrected chi connectivity index (χ4v) is 0.303. The fourth-order valence-electron chi connectivity index (χ4n) is 0.303. The number of esters is 2. The van der Waals surface area contributed by atoms with E-state index in [4.69, 9.17) is 5.11 Å². The minimum Gasteiger partial charge on any atom is -0.478 e. The second-order valence-corrected chi connectivity index (χ2v) is 1.62. The van der Waals surface area contributed by atoms with Crippen molar-refractivity contribution in [2.75, 3.05) is 0 Å². The molecule has 1 aliphatic rings. The van der Waals surface area contributed by atoms with Crippen LogP contribution in [0.3, 0.4) is 0 Å². The summed E-state index contributed by atoms with van der Waals surface area (Å²) in [5, 5.41) is 7.60. The summed E-state index contributed by atoms with van der Waals surface area (Å²) in [5.74, 6) is -2.14. The van der Waals surface area contributed by atoms with E-state index in [1.807, 2.05) is 0 Å². The number of aliphatic carboxylic acids is 1. The number of rotatable bonds is 1. The van der Waals surface area contributed by atoms with E-state index >= 15 is 0 Å². The van der Waals surface area contributed by atoms with Crippen LogP contribution in [0.5, 0.6) is 0 Å². The third kappa shape index (κ3) is 9.64. The number of carbonyl (C=O) groups excluding carboxylic acids is 2. The second kappa shape index (κ2) is 8.33. The zero-order valence-corrected chi connectivity index (χ0v) is 10.1. The quantitative estimate of drug-likeness (QED) is 0.272. The number of hydrogen-bond acceptors (Lipinski definition) is 4. The summed E-state index contributed by atoms with van der Waals surface area (Å²) in [7, 11) is 0. The topological polar surface area (TPSA) is 80.7 Å². The standard InChI is InChI=1S/C4H2O3.C3H4O2.K/c5-3-1-2-4(6)7-3;1-2-3(4)5;/h1-2H;2H,1H2,(H,4,5);. The molecule has 5 nitrogen and oxygen atoms in total. The van der Waals surface area contributed by atoms with Gasteiger partial charge in [-0.05, 0) is 0 Å². The summed E-state index contributed by atoms with van der Waals surface area (Å²) in [5.41, 5.74) is 0. The molecule has 1 rings (SSSR count). The normalized spacial score (nSPS) is 12.0. The predicted octanol–water partition coefficient (Wildman–Crippen LogP) is -0.498. The Morgan fingerprint density at radius 2 is 1.69 bits per heavy atom. The Balaban J connectivity index is 0. The summed E-state index contributed by atoms with van der Waals surface area (Å²) in [6, 6.07) is 0. The smallest absolute Gasteiger partial charge is 0.338 e. The van der Waals surface area contributed by atoms with E-state index < -0.39 is 17.9 Å². The first-order chi connectivity index (χ1) is 5.56. The minimum absolute atomic E-state index is 0. The zero-order valence-electron chi connectivity index (χ0n) is 7.02. The van der Waals surface area contributed by atoms with Crippen LogP contribution in [-0.2, 0) is 19.1 Å². The number of carboxylic acid groups (broad SMARTS) is 1. The molecule has 0 aromatic heterocycles. The van der Waals surface area contributed by atoms with E-state index in [1.54, 1.807) is 0 Å². The van der Waals surface area contributed by atoms with Gasteiger partial charge in [0.05, 0.1) is 0 Å². The first-order valence-electron chi connectivity index (χ1n) is 2.85. The Kier molecular flexibility index (Phi) is 9.75. The van der Waals surface area contributed by atoms with Crippen molar-refractivity contribution < 1.29 is 24.2 Å². The van der Waals surface area contributed by atoms with Gasteiger partial charge in [0, 0.05) is 69.6 Å². The van der Waals surface area contributed by atoms with Gasteiger partial charge in [-0.3, -0.25) is 0 Å². The summed E-state index contributed by atoms with van der Waals surface area (Å²) in [4.78, 5) is 29.1. The Hall–Kier alpha value is -0.274. The number of carboxylic acids is 1. The number of cyclic esters (lactones) is 2. The van der Waals surface area contributed by atoms with Crippen molar-refractivity contribution >= 4 is 69.3 Å². The van der Waals surface area contributed by atoms with Crippen LogP contribution in [0.4, 0.5) is 0 Å². The van der Waals surface area contributed by atoms with Crippen molar-refractivity contribution in [1.82, 2.24) is 0 Å². The van der Waals surface area contributed by atoms with Crippen molar-refractivity contribution in [3.05, 3.63) is 24.8 Å². The molecular formula is C7H6KO5. The molecule has 1 heterocycles. The molecule has 1 radical (unpaired) electrons. The minimum atomic E-state index is -0.981. The molecule has 6 heteroatoms. The third-order valence-corrected chi connectivity index (χ3v) is 0.731. The second-order valence-electron chi connectivity index (χ2n) is 1.62. The molecule has 0 aromatic rings. The molecule has 13 heavy (non-hydrogen) atoms. The van der Waals surface area contributed by atoms with Gasteiger partial charge in [-0.15, -0.1) is 0 Å². The van der Waals surface area contributed by atoms with Gasteiger partial charge in [0.25, 0.3) is 0 Å². The fraction of sp³-hybridized carbons (Fsp3) is 0. The SMILES string of the molecule is C=CC(=O)O.O=C1C=CC(=O)O1.[K]. The maximum Gasteiger partial charge on any atom is 0.338 e. The molecular weight excluding hydrogens is 203 g/mol. The zero-order chi connectivity index (χ0) is 9.56. The van der Waals surface area contributed by atoms with Crippen LogP contribution in [0, 0.1) is 0 Å². The van der Waals surface area contributed by atoms with Crippen LogP contribution in [0.2, 0.25) is 0 Å². The van der Waals surface area contributed by atoms with Crippen LogP contribution >= 0.6 is 0 Å². The Labute approximate surface area is 117 Å². The van der Waals surface area contributed by atoms with Crippen LogP contribution in [0.25, 0.3) is 0 Å². The van der Waals surface area contributed by atoms with Crippen molar-refractivity contribution in [2.24, 2.45) is 0 Å². The van der Waals surface area contributed by atoms with Gasteiger partial charge in [0.2, 0.25) is 0 Å². The number of carbonyl (C=O) groups is 3. The molecule has 0 aliphatic carbocycles. The molecule has 1 N–H and O–H groups in total. The largest absolute Gasteiger partial charge is 0.478 e. The summed E-state index contributed by atoms with van der Waals surface area (Å²) in [6.07, 6.45) is 3.00. The monoisotopic (exact) mass is 209 g/mol. The van der Waals surface area contributed by atoms with Gasteiger partial charge in [0.1, 0.15) is 0 Å². The summed E-state index contributed by atoms with van der Waals surface area (Å²) in [6.45, 7) is 2.96. The van der Waals surface area contributed by atoms with Gasteiger partial charge >= 0.3 is 17.9 Å². The van der Waals surface area contributed by atoms with Crippen molar-refractivity contribution in [3.8, 4) is 0 Å². The van der Waals surface area contributed by atoms with E-state index in [9.17, 15) is 14.4 Å². The van der Waals surface area contributed by atoms with Gasteiger partial charge < -0.3 is 9.84 Å². The van der Waals surface area contributed by atoms with Crippen molar-refractivity contribution in [2.45, 2.75) is 0 Å². The molecule has 0 amide bonds. The molecule has 0 saturated heterocycles. The number of ether oxygens (including phenoxy) is 1. The van der Waals surface area contributed by atoms with Gasteiger partial charge in [-0.2, -0.15) is 0 Å². The Bertz CT molecular complexity index is 240. The Morgan fingerprint density at radius 1 is 1.38 bits per heavy atom. The van der Waals surface area contributed by atoms with Crippen LogP contribution in [0.1, 0.15) is 0 Å². The summed E-state index contributed by atoms with van der Waals surface area (Å²) >= 11 is 0. The molecule has 0 atom stereocenters. The molecule has 0 bridgehead atoms. The van der Waals surface area contributed by atoms with Gasteiger partial charge in [-0.25, -0.2) is 14.4 Å². The van der Waals surface area contributed by atoms with Crippen molar-refractivity contribution in [3.63, 3.8) is 0 Å². The summed E-state index contributed by atoms with van der Waals surface area (Å²) < 4.78 is 3.97. The first-order valence-corrected chi connectivity index (χ1v) is 2.85. The Morgan fingerprint density at radius 3 is 1.77 bits per heavy atom. The first kappa shape index (κ1) is 15.2. The average Bonchev–Trinajstić information content (AvgIpc) is 2.36. The van der Waals surface area contributed by atoms with E-state index in [2.05, 4.69) is 11.3 Å². The van der Waals surface area contributed by atoms with Crippen LogP contribution in [-0.4, -0.2) is 74.4 Å².